The van der Waals surface area contributed by atoms with Crippen LogP contribution < -0.4 is 10.6 Å². The number of amides is 2. The first-order chi connectivity index (χ1) is 9.38. The van der Waals surface area contributed by atoms with Gasteiger partial charge in [-0.25, -0.2) is 0 Å². The second-order valence-electron chi connectivity index (χ2n) is 6.99. The predicted octanol–water partition coefficient (Wildman–Crippen LogP) is 0.892. The largest absolute Gasteiger partial charge is 0.350 e. The van der Waals surface area contributed by atoms with Crippen molar-refractivity contribution in [3.05, 3.63) is 0 Å². The average Bonchev–Trinajstić information content (AvgIpc) is 2.78. The molecule has 0 spiro atoms. The van der Waals surface area contributed by atoms with Crippen LogP contribution in [0.2, 0.25) is 0 Å². The third-order valence-electron chi connectivity index (χ3n) is 4.29. The molecule has 2 N–H and O–H groups in total. The van der Waals surface area contributed by atoms with Crippen LogP contribution in [0.3, 0.4) is 0 Å². The Bertz CT molecular complexity index is 376. The van der Waals surface area contributed by atoms with Gasteiger partial charge in [0.05, 0.1) is 6.54 Å². The van der Waals surface area contributed by atoms with Gasteiger partial charge in [0.2, 0.25) is 11.8 Å². The van der Waals surface area contributed by atoms with E-state index in [1.165, 1.54) is 19.3 Å². The molecule has 2 amide bonds. The molecule has 0 aromatic carbocycles. The Kier molecular flexibility index (Phi) is 4.68. The average molecular weight is 281 g/mol. The molecule has 2 rings (SSSR count). The molecule has 20 heavy (non-hydrogen) atoms. The third kappa shape index (κ3) is 3.72. The van der Waals surface area contributed by atoms with Gasteiger partial charge >= 0.3 is 0 Å². The summed E-state index contributed by atoms with van der Waals surface area (Å²) >= 11 is 0. The maximum absolute atomic E-state index is 12.0. The first-order valence-corrected chi connectivity index (χ1v) is 7.69. The highest BCUT2D eigenvalue weighted by atomic mass is 16.2. The zero-order chi connectivity index (χ0) is 14.8. The van der Waals surface area contributed by atoms with Gasteiger partial charge < -0.3 is 10.6 Å². The van der Waals surface area contributed by atoms with E-state index in [1.54, 1.807) is 0 Å². The Hall–Kier alpha value is -1.10. The molecule has 2 unspecified atom stereocenters. The number of nitrogens with one attached hydrogen (secondary N) is 2. The molecule has 0 radical (unpaired) electrons. The second kappa shape index (κ2) is 6.12. The lowest BCUT2D eigenvalue weighted by Crippen LogP contribution is -2.49. The summed E-state index contributed by atoms with van der Waals surface area (Å²) in [4.78, 5) is 26.2. The normalized spacial score (nSPS) is 26.9. The lowest BCUT2D eigenvalue weighted by molar-refractivity contribution is -0.131. The summed E-state index contributed by atoms with van der Waals surface area (Å²) in [6, 6.07) is 0.764. The fourth-order valence-electron chi connectivity index (χ4n) is 3.10. The minimum atomic E-state index is -0.451. The Labute approximate surface area is 121 Å². The maximum atomic E-state index is 12.0. The highest BCUT2D eigenvalue weighted by Gasteiger charge is 2.36. The summed E-state index contributed by atoms with van der Waals surface area (Å²) in [5.41, 5.74) is -0.451. The molecule has 2 saturated heterocycles. The first-order valence-electron chi connectivity index (χ1n) is 7.69. The highest BCUT2D eigenvalue weighted by Crippen LogP contribution is 2.26. The summed E-state index contributed by atoms with van der Waals surface area (Å²) in [6.45, 7) is 7.87. The van der Waals surface area contributed by atoms with Crippen molar-refractivity contribution in [3.8, 4) is 0 Å². The van der Waals surface area contributed by atoms with Crippen LogP contribution >= 0.6 is 0 Å². The van der Waals surface area contributed by atoms with Gasteiger partial charge in [-0.1, -0.05) is 27.2 Å². The molecule has 2 aliphatic rings. The lowest BCUT2D eigenvalue weighted by Gasteiger charge is -2.32. The molecule has 0 saturated carbocycles. The molecule has 2 aliphatic heterocycles. The smallest absolute Gasteiger partial charge is 0.239 e. The minimum absolute atomic E-state index is 0.0694. The van der Waals surface area contributed by atoms with E-state index in [0.717, 1.165) is 19.5 Å². The number of piperidine rings is 1. The molecule has 0 aromatic rings. The van der Waals surface area contributed by atoms with Crippen LogP contribution in [-0.4, -0.2) is 48.4 Å². The summed E-state index contributed by atoms with van der Waals surface area (Å²) in [5.74, 6) is -0.154. The number of hydrogen-bond acceptors (Lipinski definition) is 3. The van der Waals surface area contributed by atoms with Crippen LogP contribution in [0.1, 0.15) is 46.5 Å². The maximum Gasteiger partial charge on any atom is 0.239 e. The molecular formula is C15H27N3O2. The van der Waals surface area contributed by atoms with E-state index in [0.29, 0.717) is 6.04 Å². The van der Waals surface area contributed by atoms with E-state index in [1.807, 2.05) is 20.8 Å². The number of carbonyl (C=O) groups excluding carboxylic acids is 2. The van der Waals surface area contributed by atoms with E-state index in [2.05, 4.69) is 15.5 Å². The quantitative estimate of drug-likeness (QED) is 0.808. The van der Waals surface area contributed by atoms with Crippen LogP contribution in [-0.2, 0) is 9.59 Å². The molecule has 2 heterocycles. The number of rotatable bonds is 3. The van der Waals surface area contributed by atoms with Gasteiger partial charge in [0.25, 0.3) is 0 Å². The van der Waals surface area contributed by atoms with Gasteiger partial charge in [-0.05, 0) is 25.8 Å². The fraction of sp³-hybridized carbons (Fsp3) is 0.867. The van der Waals surface area contributed by atoms with Crippen molar-refractivity contribution in [1.29, 1.82) is 0 Å². The molecule has 114 valence electrons. The molecule has 0 aliphatic carbocycles. The highest BCUT2D eigenvalue weighted by molar-refractivity contribution is 5.87. The van der Waals surface area contributed by atoms with E-state index >= 15 is 0 Å². The molecule has 5 heteroatoms. The lowest BCUT2D eigenvalue weighted by atomic mass is 9.96. The Morgan fingerprint density at radius 2 is 1.90 bits per heavy atom. The standard InChI is InChI=1S/C15H27N3O2/c1-15(2,3)14(20)16-10-13(19)17-11-7-9-18-8-5-4-6-12(11)18/h11-12H,4-10H2,1-3H3,(H,16,20)(H,17,19). The van der Waals surface area contributed by atoms with Gasteiger partial charge in [-0.2, -0.15) is 0 Å². The van der Waals surface area contributed by atoms with Crippen molar-refractivity contribution in [1.82, 2.24) is 15.5 Å². The van der Waals surface area contributed by atoms with Gasteiger partial charge in [-0.3, -0.25) is 14.5 Å². The van der Waals surface area contributed by atoms with Crippen molar-refractivity contribution in [2.75, 3.05) is 19.6 Å². The Morgan fingerprint density at radius 1 is 1.15 bits per heavy atom. The number of nitrogens with zero attached hydrogens (tertiary/aromatic N) is 1. The van der Waals surface area contributed by atoms with Gasteiger partial charge in [0.15, 0.2) is 0 Å². The molecule has 2 atom stereocenters. The van der Waals surface area contributed by atoms with E-state index < -0.39 is 5.41 Å². The topological polar surface area (TPSA) is 61.4 Å². The second-order valence-corrected chi connectivity index (χ2v) is 6.99. The van der Waals surface area contributed by atoms with E-state index in [4.69, 9.17) is 0 Å². The van der Waals surface area contributed by atoms with Crippen LogP contribution in [0.15, 0.2) is 0 Å². The first kappa shape index (κ1) is 15.3. The number of hydrogen-bond donors (Lipinski definition) is 2. The van der Waals surface area contributed by atoms with E-state index in [9.17, 15) is 9.59 Å². The number of fused-ring (bicyclic) bond motifs is 1. The third-order valence-corrected chi connectivity index (χ3v) is 4.29. The molecule has 2 fully saturated rings. The SMILES string of the molecule is CC(C)(C)C(=O)NCC(=O)NC1CCN2CCCCC12. The van der Waals surface area contributed by atoms with Crippen molar-refractivity contribution in [2.24, 2.45) is 5.41 Å². The monoisotopic (exact) mass is 281 g/mol. The molecule has 0 aromatic heterocycles. The summed E-state index contributed by atoms with van der Waals surface area (Å²) in [7, 11) is 0. The minimum Gasteiger partial charge on any atom is -0.350 e. The zero-order valence-corrected chi connectivity index (χ0v) is 12.9. The van der Waals surface area contributed by atoms with Crippen LogP contribution in [0.5, 0.6) is 0 Å². The molecular weight excluding hydrogens is 254 g/mol. The van der Waals surface area contributed by atoms with Crippen molar-refractivity contribution < 1.29 is 9.59 Å². The van der Waals surface area contributed by atoms with Gasteiger partial charge in [0.1, 0.15) is 0 Å². The Morgan fingerprint density at radius 3 is 2.60 bits per heavy atom. The van der Waals surface area contributed by atoms with Crippen molar-refractivity contribution in [2.45, 2.75) is 58.5 Å². The van der Waals surface area contributed by atoms with Gasteiger partial charge in [0, 0.05) is 24.0 Å². The van der Waals surface area contributed by atoms with Crippen LogP contribution in [0.4, 0.5) is 0 Å². The van der Waals surface area contributed by atoms with E-state index in [-0.39, 0.29) is 24.4 Å². The summed E-state index contributed by atoms with van der Waals surface area (Å²) in [5, 5.41) is 5.79. The summed E-state index contributed by atoms with van der Waals surface area (Å²) in [6.07, 6.45) is 4.75. The van der Waals surface area contributed by atoms with Crippen molar-refractivity contribution >= 4 is 11.8 Å². The van der Waals surface area contributed by atoms with Crippen molar-refractivity contribution in [3.63, 3.8) is 0 Å². The van der Waals surface area contributed by atoms with Crippen LogP contribution in [0.25, 0.3) is 0 Å². The summed E-state index contributed by atoms with van der Waals surface area (Å²) < 4.78 is 0. The predicted molar refractivity (Wildman–Crippen MR) is 78.2 cm³/mol. The fourth-order valence-corrected chi connectivity index (χ4v) is 3.10. The van der Waals surface area contributed by atoms with Crippen LogP contribution in [0, 0.1) is 5.41 Å². The molecule has 5 nitrogen and oxygen atoms in total. The Balaban J connectivity index is 1.76. The zero-order valence-electron chi connectivity index (χ0n) is 12.9. The number of carbonyl (C=O) groups is 2. The molecule has 0 bridgehead atoms. The van der Waals surface area contributed by atoms with Gasteiger partial charge in [-0.15, -0.1) is 0 Å².